The maximum atomic E-state index is 12.5. The number of para-hydroxylation sites is 1. The first-order valence-corrected chi connectivity index (χ1v) is 5.97. The lowest BCUT2D eigenvalue weighted by atomic mass is 10.1. The standard InChI is InChI=1S/C14H12N4O2/c15-8-5-6-11-12(7-8)18(14(20)17-11)13(19)9-3-1-2-4-10(9)16/h1-7H,15-16H2,(H,17,20). The third-order valence-electron chi connectivity index (χ3n) is 3.10. The van der Waals surface area contributed by atoms with Crippen molar-refractivity contribution in [1.29, 1.82) is 0 Å². The molecule has 0 unspecified atom stereocenters. The van der Waals surface area contributed by atoms with Gasteiger partial charge in [0, 0.05) is 11.4 Å². The number of nitrogens with one attached hydrogen (secondary N) is 1. The summed E-state index contributed by atoms with van der Waals surface area (Å²) in [6.07, 6.45) is 0. The number of benzene rings is 2. The lowest BCUT2D eigenvalue weighted by molar-refractivity contribution is 0.0962. The van der Waals surface area contributed by atoms with Crippen molar-refractivity contribution in [3.8, 4) is 0 Å². The molecule has 1 aromatic heterocycles. The van der Waals surface area contributed by atoms with Crippen molar-refractivity contribution >= 4 is 28.3 Å². The number of carbonyl (C=O) groups is 1. The van der Waals surface area contributed by atoms with E-state index < -0.39 is 11.6 Å². The van der Waals surface area contributed by atoms with E-state index in [-0.39, 0.29) is 5.56 Å². The summed E-state index contributed by atoms with van der Waals surface area (Å²) in [6.45, 7) is 0. The number of H-pyrrole nitrogens is 1. The first-order valence-electron chi connectivity index (χ1n) is 5.97. The van der Waals surface area contributed by atoms with Crippen molar-refractivity contribution in [2.45, 2.75) is 0 Å². The topological polar surface area (TPSA) is 107 Å². The Morgan fingerprint density at radius 3 is 2.60 bits per heavy atom. The predicted octanol–water partition coefficient (Wildman–Crippen LogP) is 1.18. The average molecular weight is 268 g/mol. The van der Waals surface area contributed by atoms with Gasteiger partial charge in [-0.15, -0.1) is 0 Å². The quantitative estimate of drug-likeness (QED) is 0.576. The molecule has 0 saturated heterocycles. The minimum absolute atomic E-state index is 0.276. The summed E-state index contributed by atoms with van der Waals surface area (Å²) in [6, 6.07) is 11.5. The van der Waals surface area contributed by atoms with Gasteiger partial charge in [0.15, 0.2) is 0 Å². The van der Waals surface area contributed by atoms with E-state index in [0.717, 1.165) is 4.57 Å². The molecule has 1 heterocycles. The second-order valence-corrected chi connectivity index (χ2v) is 4.43. The summed E-state index contributed by atoms with van der Waals surface area (Å²) >= 11 is 0. The van der Waals surface area contributed by atoms with Gasteiger partial charge in [0.1, 0.15) is 0 Å². The average Bonchev–Trinajstić information content (AvgIpc) is 2.74. The van der Waals surface area contributed by atoms with Gasteiger partial charge in [-0.2, -0.15) is 0 Å². The molecule has 0 amide bonds. The molecule has 0 fully saturated rings. The van der Waals surface area contributed by atoms with Crippen LogP contribution in [0.3, 0.4) is 0 Å². The Morgan fingerprint density at radius 1 is 1.10 bits per heavy atom. The second kappa shape index (κ2) is 4.27. The summed E-state index contributed by atoms with van der Waals surface area (Å²) in [5.41, 5.74) is 13.0. The maximum absolute atomic E-state index is 12.5. The number of nitrogen functional groups attached to an aromatic ring is 2. The van der Waals surface area contributed by atoms with Crippen LogP contribution in [0.1, 0.15) is 10.4 Å². The van der Waals surface area contributed by atoms with Crippen LogP contribution in [0.25, 0.3) is 11.0 Å². The Balaban J connectivity index is 2.27. The third-order valence-corrected chi connectivity index (χ3v) is 3.10. The minimum Gasteiger partial charge on any atom is -0.399 e. The summed E-state index contributed by atoms with van der Waals surface area (Å²) in [5.74, 6) is -0.482. The molecule has 0 spiro atoms. The number of imidazole rings is 1. The first kappa shape index (κ1) is 12.0. The maximum Gasteiger partial charge on any atom is 0.333 e. The summed E-state index contributed by atoms with van der Waals surface area (Å²) in [4.78, 5) is 27.1. The number of nitrogens with zero attached hydrogens (tertiary/aromatic N) is 1. The molecule has 0 bridgehead atoms. The van der Waals surface area contributed by atoms with Crippen LogP contribution in [0.5, 0.6) is 0 Å². The number of hydrogen-bond acceptors (Lipinski definition) is 4. The molecular weight excluding hydrogens is 256 g/mol. The molecule has 0 atom stereocenters. The Hall–Kier alpha value is -3.02. The number of anilines is 2. The highest BCUT2D eigenvalue weighted by Crippen LogP contribution is 2.17. The predicted molar refractivity (Wildman–Crippen MR) is 77.6 cm³/mol. The normalized spacial score (nSPS) is 10.8. The first-order chi connectivity index (χ1) is 9.58. The molecule has 6 heteroatoms. The Morgan fingerprint density at radius 2 is 1.85 bits per heavy atom. The van der Waals surface area contributed by atoms with E-state index in [1.54, 1.807) is 42.5 Å². The molecule has 0 aliphatic rings. The van der Waals surface area contributed by atoms with Gasteiger partial charge in [-0.25, -0.2) is 9.36 Å². The lowest BCUT2D eigenvalue weighted by Gasteiger charge is -2.05. The van der Waals surface area contributed by atoms with Crippen molar-refractivity contribution in [2.24, 2.45) is 0 Å². The monoisotopic (exact) mass is 268 g/mol. The SMILES string of the molecule is Nc1ccc2[nH]c(=O)n(C(=O)c3ccccc3N)c2c1. The molecular formula is C14H12N4O2. The Kier molecular flexibility index (Phi) is 2.57. The zero-order chi connectivity index (χ0) is 14.3. The Bertz CT molecular complexity index is 876. The second-order valence-electron chi connectivity index (χ2n) is 4.43. The van der Waals surface area contributed by atoms with Crippen LogP contribution in [0, 0.1) is 0 Å². The van der Waals surface area contributed by atoms with E-state index in [2.05, 4.69) is 4.98 Å². The van der Waals surface area contributed by atoms with Gasteiger partial charge in [0.2, 0.25) is 0 Å². The smallest absolute Gasteiger partial charge is 0.333 e. The van der Waals surface area contributed by atoms with E-state index in [9.17, 15) is 9.59 Å². The van der Waals surface area contributed by atoms with Gasteiger partial charge >= 0.3 is 5.69 Å². The van der Waals surface area contributed by atoms with Crippen LogP contribution < -0.4 is 17.2 Å². The number of fused-ring (bicyclic) bond motifs is 1. The molecule has 0 radical (unpaired) electrons. The lowest BCUT2D eigenvalue weighted by Crippen LogP contribution is -2.25. The van der Waals surface area contributed by atoms with Crippen LogP contribution in [0.4, 0.5) is 11.4 Å². The van der Waals surface area contributed by atoms with Gasteiger partial charge in [-0.1, -0.05) is 12.1 Å². The highest BCUT2D eigenvalue weighted by Gasteiger charge is 2.17. The molecule has 5 N–H and O–H groups in total. The van der Waals surface area contributed by atoms with Crippen molar-refractivity contribution in [1.82, 2.24) is 9.55 Å². The number of hydrogen-bond donors (Lipinski definition) is 3. The number of aromatic nitrogens is 2. The van der Waals surface area contributed by atoms with Gasteiger partial charge in [-0.3, -0.25) is 4.79 Å². The van der Waals surface area contributed by atoms with E-state index in [4.69, 9.17) is 11.5 Å². The number of aromatic amines is 1. The molecule has 6 nitrogen and oxygen atoms in total. The van der Waals surface area contributed by atoms with Crippen molar-refractivity contribution in [2.75, 3.05) is 11.5 Å². The fourth-order valence-electron chi connectivity index (χ4n) is 2.13. The molecule has 0 saturated carbocycles. The molecule has 0 aliphatic carbocycles. The Labute approximate surface area is 113 Å². The highest BCUT2D eigenvalue weighted by molar-refractivity contribution is 6.04. The molecule has 0 aliphatic heterocycles. The van der Waals surface area contributed by atoms with Crippen LogP contribution >= 0.6 is 0 Å². The molecule has 3 aromatic rings. The number of rotatable bonds is 1. The zero-order valence-corrected chi connectivity index (χ0v) is 10.5. The van der Waals surface area contributed by atoms with Crippen LogP contribution in [0.2, 0.25) is 0 Å². The number of carbonyl (C=O) groups excluding carboxylic acids is 1. The fourth-order valence-corrected chi connectivity index (χ4v) is 2.13. The third kappa shape index (κ3) is 1.74. The van der Waals surface area contributed by atoms with Gasteiger partial charge in [0.25, 0.3) is 5.91 Å². The van der Waals surface area contributed by atoms with Crippen LogP contribution in [0.15, 0.2) is 47.3 Å². The molecule has 20 heavy (non-hydrogen) atoms. The zero-order valence-electron chi connectivity index (χ0n) is 10.5. The van der Waals surface area contributed by atoms with E-state index in [1.165, 1.54) is 0 Å². The summed E-state index contributed by atoms with van der Waals surface area (Å²) < 4.78 is 1.04. The van der Waals surface area contributed by atoms with Crippen molar-refractivity contribution < 1.29 is 4.79 Å². The molecule has 2 aromatic carbocycles. The van der Waals surface area contributed by atoms with E-state index in [0.29, 0.717) is 22.4 Å². The van der Waals surface area contributed by atoms with E-state index >= 15 is 0 Å². The van der Waals surface area contributed by atoms with Crippen LogP contribution in [-0.2, 0) is 0 Å². The van der Waals surface area contributed by atoms with E-state index in [1.807, 2.05) is 0 Å². The fraction of sp³-hybridized carbons (Fsp3) is 0. The molecule has 3 rings (SSSR count). The van der Waals surface area contributed by atoms with Gasteiger partial charge < -0.3 is 16.5 Å². The molecule has 100 valence electrons. The van der Waals surface area contributed by atoms with Crippen molar-refractivity contribution in [3.05, 3.63) is 58.5 Å². The minimum atomic E-state index is -0.515. The van der Waals surface area contributed by atoms with Gasteiger partial charge in [-0.05, 0) is 30.3 Å². The largest absolute Gasteiger partial charge is 0.399 e. The summed E-state index contributed by atoms with van der Waals surface area (Å²) in [5, 5.41) is 0. The van der Waals surface area contributed by atoms with Crippen LogP contribution in [-0.4, -0.2) is 15.5 Å². The summed E-state index contributed by atoms with van der Waals surface area (Å²) in [7, 11) is 0. The van der Waals surface area contributed by atoms with Crippen molar-refractivity contribution in [3.63, 3.8) is 0 Å². The highest BCUT2D eigenvalue weighted by atomic mass is 16.2. The number of nitrogens with two attached hydrogens (primary N) is 2. The van der Waals surface area contributed by atoms with Gasteiger partial charge in [0.05, 0.1) is 16.6 Å².